The molecule has 46 heavy (non-hydrogen) atoms. The Morgan fingerprint density at radius 2 is 1.35 bits per heavy atom. The molecule has 0 aliphatic rings. The Labute approximate surface area is 274 Å². The molecule has 0 fully saturated rings. The number of nitrogens with one attached hydrogen (secondary N) is 1. The minimum Gasteiger partial charge on any atom is -0.350 e. The molecule has 4 rings (SSSR count). The van der Waals surface area contributed by atoms with Crippen LogP contribution in [-0.4, -0.2) is 60.8 Å². The molecular weight excluding hydrogens is 605 g/mol. The lowest BCUT2D eigenvalue weighted by Crippen LogP contribution is -2.43. The topological polar surface area (TPSA) is 114 Å². The third-order valence-electron chi connectivity index (χ3n) is 6.04. The number of carbonyl (C=O) groups excluding carboxylic acids is 2. The van der Waals surface area contributed by atoms with E-state index in [0.717, 1.165) is 6.20 Å². The molecule has 0 radical (unpaired) electrons. The van der Waals surface area contributed by atoms with Crippen molar-refractivity contribution in [1.29, 1.82) is 0 Å². The highest BCUT2D eigenvalue weighted by atomic mass is 35.5. The van der Waals surface area contributed by atoms with Gasteiger partial charge in [-0.15, -0.1) is 0 Å². The lowest BCUT2D eigenvalue weighted by molar-refractivity contribution is 0.0642. The van der Waals surface area contributed by atoms with Gasteiger partial charge >= 0.3 is 0 Å². The molecule has 1 N–H and O–H groups in total. The number of amides is 2. The molecule has 2 amide bonds. The fourth-order valence-corrected chi connectivity index (χ4v) is 3.42. The van der Waals surface area contributed by atoms with Crippen molar-refractivity contribution in [3.8, 4) is 23.7 Å². The number of carbonyl (C=O) groups is 2. The Balaban J connectivity index is 0.000000250. The van der Waals surface area contributed by atoms with Gasteiger partial charge in [-0.05, 0) is 50.5 Å². The van der Waals surface area contributed by atoms with E-state index in [0.29, 0.717) is 39.5 Å². The van der Waals surface area contributed by atoms with Crippen molar-refractivity contribution in [2.45, 2.75) is 47.1 Å². The van der Waals surface area contributed by atoms with Crippen molar-refractivity contribution >= 4 is 23.4 Å². The van der Waals surface area contributed by atoms with Gasteiger partial charge in [0.15, 0.2) is 0 Å². The molecule has 0 aliphatic carbocycles. The second-order valence-electron chi connectivity index (χ2n) is 12.3. The van der Waals surface area contributed by atoms with Crippen molar-refractivity contribution in [2.75, 3.05) is 13.6 Å². The van der Waals surface area contributed by atoms with E-state index in [2.05, 4.69) is 53.9 Å². The lowest BCUT2D eigenvalue weighted by atomic mass is 9.97. The first-order valence-corrected chi connectivity index (χ1v) is 14.6. The minimum absolute atomic E-state index is 0.0140. The Bertz CT molecular complexity index is 1790. The molecule has 4 heterocycles. The highest BCUT2D eigenvalue weighted by Gasteiger charge is 2.25. The van der Waals surface area contributed by atoms with Crippen LogP contribution in [0.15, 0.2) is 67.6 Å². The van der Waals surface area contributed by atoms with E-state index in [1.165, 1.54) is 30.9 Å². The molecule has 4 aromatic rings. The maximum Gasteiger partial charge on any atom is 0.291 e. The zero-order chi connectivity index (χ0) is 33.9. The van der Waals surface area contributed by atoms with Crippen LogP contribution in [-0.2, 0) is 0 Å². The van der Waals surface area contributed by atoms with Crippen LogP contribution in [0.25, 0.3) is 0 Å². The van der Waals surface area contributed by atoms with Crippen molar-refractivity contribution in [3.05, 3.63) is 112 Å². The van der Waals surface area contributed by atoms with E-state index in [4.69, 9.17) is 11.6 Å². The van der Waals surface area contributed by atoms with Gasteiger partial charge < -0.3 is 10.2 Å². The maximum atomic E-state index is 13.0. The number of halogens is 2. The van der Waals surface area contributed by atoms with Gasteiger partial charge in [0.05, 0.1) is 16.8 Å². The minimum atomic E-state index is -0.430. The smallest absolute Gasteiger partial charge is 0.291 e. The molecule has 11 heteroatoms. The van der Waals surface area contributed by atoms with Crippen LogP contribution in [0, 0.1) is 34.9 Å². The van der Waals surface area contributed by atoms with E-state index in [9.17, 15) is 14.0 Å². The van der Waals surface area contributed by atoms with Crippen LogP contribution in [0.5, 0.6) is 0 Å². The average molecular weight is 640 g/mol. The van der Waals surface area contributed by atoms with Crippen molar-refractivity contribution in [2.24, 2.45) is 5.41 Å². The van der Waals surface area contributed by atoms with Gasteiger partial charge in [-0.2, -0.15) is 0 Å². The largest absolute Gasteiger partial charge is 0.350 e. The van der Waals surface area contributed by atoms with Crippen LogP contribution >= 0.6 is 11.6 Å². The third kappa shape index (κ3) is 11.7. The molecule has 0 saturated heterocycles. The van der Waals surface area contributed by atoms with E-state index in [1.807, 2.05) is 41.5 Å². The zero-order valence-electron chi connectivity index (χ0n) is 26.8. The highest BCUT2D eigenvalue weighted by molar-refractivity contribution is 6.30. The molecule has 9 nitrogen and oxygen atoms in total. The Hall–Kier alpha value is -5.19. The lowest BCUT2D eigenvalue weighted by Gasteiger charge is -2.31. The normalized spacial score (nSPS) is 10.6. The molecule has 0 unspecified atom stereocenters. The van der Waals surface area contributed by atoms with Gasteiger partial charge in [0.2, 0.25) is 5.82 Å². The van der Waals surface area contributed by atoms with Crippen LogP contribution < -0.4 is 5.32 Å². The van der Waals surface area contributed by atoms with E-state index >= 15 is 0 Å². The maximum absolute atomic E-state index is 13.0. The van der Waals surface area contributed by atoms with E-state index < -0.39 is 5.82 Å². The number of pyridine rings is 3. The number of hydrogen-bond donors (Lipinski definition) is 1. The standard InChI is InChI=1S/C18H18FN3O.C17H17ClN4O/c1-18(2,3)12-22-17(23)16-7-6-13(10-21-16)4-5-14-8-15(19)11-20-9-14;1-17(2,3)22(4)16(23)15-20-9-13(10-21-15)6-5-12-7-14(18)11-19-8-12/h6-11H,12H2,1-3H3,(H,22,23);7-11H,1-4H3. The molecule has 0 saturated carbocycles. The molecule has 0 aromatic carbocycles. The van der Waals surface area contributed by atoms with Crippen molar-refractivity contribution in [3.63, 3.8) is 0 Å². The zero-order valence-corrected chi connectivity index (χ0v) is 27.6. The SMILES string of the molecule is CC(C)(C)CNC(=O)c1ccc(C#Cc2cncc(F)c2)cn1.CN(C(=O)c1ncc(C#Cc2cncc(Cl)c2)cn1)C(C)(C)C. The number of aromatic nitrogens is 5. The summed E-state index contributed by atoms with van der Waals surface area (Å²) < 4.78 is 13.0. The predicted molar refractivity (Wildman–Crippen MR) is 175 cm³/mol. The molecule has 0 atom stereocenters. The van der Waals surface area contributed by atoms with Gasteiger partial charge in [-0.25, -0.2) is 19.3 Å². The molecular formula is C35H35ClFN7O2. The summed E-state index contributed by atoms with van der Waals surface area (Å²) in [6.45, 7) is 12.5. The molecule has 0 spiro atoms. The van der Waals surface area contributed by atoms with Crippen LogP contribution in [0.4, 0.5) is 4.39 Å². The summed E-state index contributed by atoms with van der Waals surface area (Å²) in [7, 11) is 1.73. The Morgan fingerprint density at radius 3 is 1.89 bits per heavy atom. The number of hydrogen-bond acceptors (Lipinski definition) is 7. The summed E-state index contributed by atoms with van der Waals surface area (Å²) in [4.78, 5) is 45.8. The highest BCUT2D eigenvalue weighted by Crippen LogP contribution is 2.13. The Morgan fingerprint density at radius 1 is 0.783 bits per heavy atom. The quantitative estimate of drug-likeness (QED) is 0.291. The van der Waals surface area contributed by atoms with Crippen molar-refractivity contribution < 1.29 is 14.0 Å². The third-order valence-corrected chi connectivity index (χ3v) is 6.25. The average Bonchev–Trinajstić information content (AvgIpc) is 3.01. The fourth-order valence-electron chi connectivity index (χ4n) is 3.24. The first kappa shape index (κ1) is 35.3. The summed E-state index contributed by atoms with van der Waals surface area (Å²) in [6, 6.07) is 6.35. The molecule has 236 valence electrons. The Kier molecular flexibility index (Phi) is 12.0. The first-order chi connectivity index (χ1) is 21.6. The summed E-state index contributed by atoms with van der Waals surface area (Å²) in [5.74, 6) is 10.8. The summed E-state index contributed by atoms with van der Waals surface area (Å²) >= 11 is 5.85. The van der Waals surface area contributed by atoms with Gasteiger partial charge in [-0.1, -0.05) is 56.1 Å². The van der Waals surface area contributed by atoms with Crippen LogP contribution in [0.2, 0.25) is 5.02 Å². The predicted octanol–water partition coefficient (Wildman–Crippen LogP) is 5.59. The molecule has 0 aliphatic heterocycles. The summed E-state index contributed by atoms with van der Waals surface area (Å²) in [5, 5.41) is 3.36. The monoisotopic (exact) mass is 639 g/mol. The van der Waals surface area contributed by atoms with Gasteiger partial charge in [-0.3, -0.25) is 19.6 Å². The number of nitrogens with zero attached hydrogens (tertiary/aromatic N) is 6. The number of rotatable bonds is 3. The molecule has 0 bridgehead atoms. The van der Waals surface area contributed by atoms with Gasteiger partial charge in [0, 0.05) is 73.0 Å². The van der Waals surface area contributed by atoms with E-state index in [1.54, 1.807) is 42.5 Å². The first-order valence-electron chi connectivity index (χ1n) is 14.2. The van der Waals surface area contributed by atoms with Crippen LogP contribution in [0.1, 0.15) is 84.9 Å². The second kappa shape index (κ2) is 15.7. The van der Waals surface area contributed by atoms with Crippen molar-refractivity contribution in [1.82, 2.24) is 35.1 Å². The fraction of sp³-hybridized carbons (Fsp3) is 0.286. The van der Waals surface area contributed by atoms with Gasteiger partial charge in [0.1, 0.15) is 11.5 Å². The summed E-state index contributed by atoms with van der Waals surface area (Å²) in [6.07, 6.45) is 10.3. The summed E-state index contributed by atoms with van der Waals surface area (Å²) in [5.41, 5.74) is 2.49. The molecule has 4 aromatic heterocycles. The second-order valence-corrected chi connectivity index (χ2v) is 12.7. The van der Waals surface area contributed by atoms with E-state index in [-0.39, 0.29) is 28.6 Å². The van der Waals surface area contributed by atoms with Gasteiger partial charge in [0.25, 0.3) is 11.8 Å². The van der Waals surface area contributed by atoms with Crippen LogP contribution in [0.3, 0.4) is 0 Å².